The number of thioether (sulfide) groups is 1. The Morgan fingerprint density at radius 3 is 2.42 bits per heavy atom. The number of aromatic nitrogens is 3. The summed E-state index contributed by atoms with van der Waals surface area (Å²) in [6.07, 6.45) is 1.65. The zero-order chi connectivity index (χ0) is 26.3. The van der Waals surface area contributed by atoms with Crippen LogP contribution in [0, 0.1) is 0 Å². The van der Waals surface area contributed by atoms with Gasteiger partial charge in [0.15, 0.2) is 0 Å². The van der Waals surface area contributed by atoms with Crippen molar-refractivity contribution in [3.63, 3.8) is 0 Å². The Hall–Kier alpha value is -4.38. The van der Waals surface area contributed by atoms with Crippen molar-refractivity contribution in [3.05, 3.63) is 78.5 Å². The molecule has 1 saturated heterocycles. The van der Waals surface area contributed by atoms with Crippen LogP contribution >= 0.6 is 11.8 Å². The molecule has 0 bridgehead atoms. The molecule has 0 radical (unpaired) electrons. The summed E-state index contributed by atoms with van der Waals surface area (Å²) < 4.78 is 10.7. The van der Waals surface area contributed by atoms with Crippen LogP contribution < -0.4 is 15.0 Å². The molecule has 2 amide bonds. The van der Waals surface area contributed by atoms with E-state index >= 15 is 0 Å². The highest BCUT2D eigenvalue weighted by Gasteiger charge is 2.22. The molecule has 0 spiro atoms. The van der Waals surface area contributed by atoms with Crippen LogP contribution in [0.2, 0.25) is 0 Å². The van der Waals surface area contributed by atoms with E-state index in [4.69, 9.17) is 9.15 Å². The summed E-state index contributed by atoms with van der Waals surface area (Å²) in [5.74, 6) is 1.03. The van der Waals surface area contributed by atoms with Gasteiger partial charge in [0.25, 0.3) is 17.0 Å². The van der Waals surface area contributed by atoms with Crippen molar-refractivity contribution in [3.8, 4) is 17.3 Å². The highest BCUT2D eigenvalue weighted by atomic mass is 32.2. The molecule has 0 unspecified atom stereocenters. The van der Waals surface area contributed by atoms with Crippen LogP contribution in [0.1, 0.15) is 10.4 Å². The molecule has 5 rings (SSSR count). The molecule has 0 aliphatic carbocycles. The summed E-state index contributed by atoms with van der Waals surface area (Å²) in [5.41, 5.74) is 2.99. The van der Waals surface area contributed by atoms with E-state index in [9.17, 15) is 9.59 Å². The molecule has 11 heteroatoms. The van der Waals surface area contributed by atoms with Crippen molar-refractivity contribution in [2.75, 3.05) is 49.3 Å². The van der Waals surface area contributed by atoms with Crippen molar-refractivity contribution < 1.29 is 18.7 Å². The predicted octanol–water partition coefficient (Wildman–Crippen LogP) is 3.83. The first-order valence-electron chi connectivity index (χ1n) is 12.0. The molecule has 0 saturated carbocycles. The van der Waals surface area contributed by atoms with Gasteiger partial charge in [0, 0.05) is 49.3 Å². The molecule has 3 heterocycles. The lowest BCUT2D eigenvalue weighted by molar-refractivity contribution is -0.113. The summed E-state index contributed by atoms with van der Waals surface area (Å²) >= 11 is 1.17. The first kappa shape index (κ1) is 25.3. The first-order valence-corrected chi connectivity index (χ1v) is 13.0. The van der Waals surface area contributed by atoms with E-state index in [1.807, 2.05) is 35.2 Å². The third kappa shape index (κ3) is 6.12. The second kappa shape index (κ2) is 11.8. The van der Waals surface area contributed by atoms with E-state index in [0.717, 1.165) is 24.5 Å². The second-order valence-corrected chi connectivity index (χ2v) is 9.41. The molecule has 1 N–H and O–H groups in total. The minimum absolute atomic E-state index is 0.0247. The maximum absolute atomic E-state index is 12.8. The van der Waals surface area contributed by atoms with Gasteiger partial charge in [0.1, 0.15) is 11.4 Å². The molecule has 38 heavy (non-hydrogen) atoms. The number of anilines is 2. The molecule has 10 nitrogen and oxygen atoms in total. The zero-order valence-electron chi connectivity index (χ0n) is 20.7. The second-order valence-electron chi connectivity index (χ2n) is 8.48. The van der Waals surface area contributed by atoms with Gasteiger partial charge >= 0.3 is 0 Å². The van der Waals surface area contributed by atoms with E-state index in [1.54, 1.807) is 49.7 Å². The van der Waals surface area contributed by atoms with E-state index in [0.29, 0.717) is 41.1 Å². The Morgan fingerprint density at radius 2 is 1.74 bits per heavy atom. The fourth-order valence-electron chi connectivity index (χ4n) is 4.02. The van der Waals surface area contributed by atoms with E-state index in [1.165, 1.54) is 11.8 Å². The van der Waals surface area contributed by atoms with E-state index in [-0.39, 0.29) is 17.6 Å². The van der Waals surface area contributed by atoms with Crippen molar-refractivity contribution >= 4 is 35.0 Å². The number of benzene rings is 2. The van der Waals surface area contributed by atoms with Gasteiger partial charge in [-0.15, -0.1) is 10.2 Å². The zero-order valence-corrected chi connectivity index (χ0v) is 21.6. The van der Waals surface area contributed by atoms with Gasteiger partial charge in [-0.2, -0.15) is 0 Å². The SMILES string of the molecule is COc1ccc(C(=O)N2CCN(c3ccc(NC(=O)CSc4nnc(-c5ccccn5)o4)cc3)CC2)cc1. The summed E-state index contributed by atoms with van der Waals surface area (Å²) in [6, 6.07) is 20.3. The number of nitrogens with zero attached hydrogens (tertiary/aromatic N) is 5. The van der Waals surface area contributed by atoms with Crippen LogP contribution in [0.5, 0.6) is 5.75 Å². The topological polar surface area (TPSA) is 114 Å². The molecule has 0 atom stereocenters. The first-order chi connectivity index (χ1) is 18.6. The molecule has 1 aliphatic heterocycles. The molecule has 4 aromatic rings. The predicted molar refractivity (Wildman–Crippen MR) is 144 cm³/mol. The fourth-order valence-corrected chi connectivity index (χ4v) is 4.59. The Kier molecular flexibility index (Phi) is 7.84. The van der Waals surface area contributed by atoms with Crippen molar-refractivity contribution in [2.24, 2.45) is 0 Å². The molecule has 1 aliphatic rings. The number of hydrogen-bond donors (Lipinski definition) is 1. The number of hydrogen-bond acceptors (Lipinski definition) is 9. The van der Waals surface area contributed by atoms with Gasteiger partial charge in [-0.1, -0.05) is 17.8 Å². The Labute approximate surface area is 224 Å². The van der Waals surface area contributed by atoms with Crippen LogP contribution in [0.3, 0.4) is 0 Å². The fraction of sp³-hybridized carbons (Fsp3) is 0.222. The number of carbonyl (C=O) groups excluding carboxylic acids is 2. The van der Waals surface area contributed by atoms with Gasteiger partial charge in [-0.05, 0) is 60.7 Å². The van der Waals surface area contributed by atoms with Gasteiger partial charge in [0.2, 0.25) is 5.91 Å². The average Bonchev–Trinajstić information content (AvgIpc) is 3.46. The van der Waals surface area contributed by atoms with Gasteiger partial charge in [-0.3, -0.25) is 14.6 Å². The van der Waals surface area contributed by atoms with Gasteiger partial charge < -0.3 is 24.3 Å². The van der Waals surface area contributed by atoms with Crippen LogP contribution in [0.4, 0.5) is 11.4 Å². The van der Waals surface area contributed by atoms with Crippen molar-refractivity contribution in [2.45, 2.75) is 5.22 Å². The van der Waals surface area contributed by atoms with Crippen LogP contribution in [0.25, 0.3) is 11.6 Å². The number of ether oxygens (including phenoxy) is 1. The maximum atomic E-state index is 12.8. The standard InChI is InChI=1S/C27H26N6O4S/c1-36-22-11-5-19(6-12-22)26(35)33-16-14-32(15-17-33)21-9-7-20(8-10-21)29-24(34)18-38-27-31-30-25(37-27)23-4-2-3-13-28-23/h2-13H,14-18H2,1H3,(H,29,34). The number of piperazine rings is 1. The number of rotatable bonds is 8. The Balaban J connectivity index is 1.08. The molecular weight excluding hydrogens is 504 g/mol. The summed E-state index contributed by atoms with van der Waals surface area (Å²) in [5, 5.41) is 11.1. The number of pyridine rings is 1. The molecule has 1 fully saturated rings. The molecule has 2 aromatic carbocycles. The highest BCUT2D eigenvalue weighted by molar-refractivity contribution is 7.99. The monoisotopic (exact) mass is 530 g/mol. The Morgan fingerprint density at radius 1 is 0.974 bits per heavy atom. The van der Waals surface area contributed by atoms with E-state index < -0.39 is 0 Å². The largest absolute Gasteiger partial charge is 0.497 e. The van der Waals surface area contributed by atoms with Gasteiger partial charge in [-0.25, -0.2) is 0 Å². The Bertz CT molecular complexity index is 1370. The number of amides is 2. The lowest BCUT2D eigenvalue weighted by Crippen LogP contribution is -2.48. The normalized spacial score (nSPS) is 13.3. The lowest BCUT2D eigenvalue weighted by atomic mass is 10.1. The molecule has 194 valence electrons. The van der Waals surface area contributed by atoms with Crippen molar-refractivity contribution in [1.82, 2.24) is 20.1 Å². The smallest absolute Gasteiger partial charge is 0.277 e. The van der Waals surface area contributed by atoms with Crippen LogP contribution in [0.15, 0.2) is 82.6 Å². The van der Waals surface area contributed by atoms with Gasteiger partial charge in [0.05, 0.1) is 12.9 Å². The lowest BCUT2D eigenvalue weighted by Gasteiger charge is -2.36. The van der Waals surface area contributed by atoms with E-state index in [2.05, 4.69) is 25.4 Å². The molecule has 2 aromatic heterocycles. The number of carbonyl (C=O) groups is 2. The summed E-state index contributed by atoms with van der Waals surface area (Å²) in [7, 11) is 1.60. The van der Waals surface area contributed by atoms with Crippen LogP contribution in [-0.4, -0.2) is 70.9 Å². The number of methoxy groups -OCH3 is 1. The quantitative estimate of drug-likeness (QED) is 0.340. The highest BCUT2D eigenvalue weighted by Crippen LogP contribution is 2.23. The summed E-state index contributed by atoms with van der Waals surface area (Å²) in [4.78, 5) is 33.5. The third-order valence-corrected chi connectivity index (χ3v) is 6.86. The van der Waals surface area contributed by atoms with Crippen molar-refractivity contribution in [1.29, 1.82) is 0 Å². The minimum Gasteiger partial charge on any atom is -0.497 e. The molecular formula is C27H26N6O4S. The average molecular weight is 531 g/mol. The van der Waals surface area contributed by atoms with Crippen LogP contribution in [-0.2, 0) is 4.79 Å². The summed E-state index contributed by atoms with van der Waals surface area (Å²) in [6.45, 7) is 2.74. The third-order valence-electron chi connectivity index (χ3n) is 6.04. The minimum atomic E-state index is -0.175. The number of nitrogens with one attached hydrogen (secondary N) is 1. The maximum Gasteiger partial charge on any atom is 0.277 e.